The molecule has 0 fully saturated rings. The zero-order valence-electron chi connectivity index (χ0n) is 8.78. The van der Waals surface area contributed by atoms with Crippen molar-refractivity contribution < 1.29 is 4.84 Å². The molecule has 0 bridgehead atoms. The maximum absolute atomic E-state index is 8.73. The van der Waals surface area contributed by atoms with Crippen molar-refractivity contribution in [2.24, 2.45) is 0 Å². The second-order valence-corrected chi connectivity index (χ2v) is 2.83. The molecule has 16 heavy (non-hydrogen) atoms. The fraction of sp³-hybridized carbons (Fsp3) is 0.0833. The van der Waals surface area contributed by atoms with Gasteiger partial charge in [-0.3, -0.25) is 0 Å². The Morgan fingerprint density at radius 1 is 1.00 bits per heavy atom. The molecule has 1 rings (SSSR count). The van der Waals surface area contributed by atoms with Crippen molar-refractivity contribution in [3.8, 4) is 6.19 Å². The van der Waals surface area contributed by atoms with Crippen LogP contribution in [0.15, 0.2) is 60.9 Å². The summed E-state index contributed by atoms with van der Waals surface area (Å²) in [4.78, 5) is 4.93. The van der Waals surface area contributed by atoms with E-state index in [4.69, 9.17) is 10.1 Å². The van der Waals surface area contributed by atoms with Crippen molar-refractivity contribution in [3.05, 3.63) is 60.9 Å². The van der Waals surface area contributed by atoms with Gasteiger partial charge in [0.1, 0.15) is 6.26 Å². The van der Waals surface area contributed by atoms with Crippen LogP contribution in [0.4, 0.5) is 0 Å². The number of allylic oxidation sites excluding steroid dienone is 8. The Bertz CT molecular complexity index is 372. The Morgan fingerprint density at radius 2 is 1.62 bits per heavy atom. The lowest BCUT2D eigenvalue weighted by Crippen LogP contribution is -2.32. The molecule has 0 aliphatic carbocycles. The van der Waals surface area contributed by atoms with Crippen LogP contribution in [0, 0.1) is 11.5 Å². The van der Waals surface area contributed by atoms with Gasteiger partial charge in [0.05, 0.1) is 6.54 Å². The first-order chi connectivity index (χ1) is 7.93. The quantitative estimate of drug-likeness (QED) is 0.627. The molecule has 0 saturated heterocycles. The molecular weight excluding hydrogens is 202 g/mol. The lowest BCUT2D eigenvalue weighted by molar-refractivity contribution is 0.0118. The Morgan fingerprint density at radius 3 is 2.31 bits per heavy atom. The zero-order valence-corrected chi connectivity index (χ0v) is 8.78. The molecule has 1 aliphatic heterocycles. The maximum Gasteiger partial charge on any atom is 0.198 e. The summed E-state index contributed by atoms with van der Waals surface area (Å²) in [5.74, 6) is 0. The first kappa shape index (κ1) is 11.8. The number of hydrazine groups is 1. The summed E-state index contributed by atoms with van der Waals surface area (Å²) in [7, 11) is 0. The van der Waals surface area contributed by atoms with Crippen molar-refractivity contribution >= 4 is 0 Å². The lowest BCUT2D eigenvalue weighted by atomic mass is 10.3. The number of rotatable bonds is 0. The number of nitrogens with one attached hydrogen (secondary N) is 1. The van der Waals surface area contributed by atoms with E-state index in [1.165, 1.54) is 11.3 Å². The van der Waals surface area contributed by atoms with E-state index < -0.39 is 0 Å². The number of hydrogen-bond acceptors (Lipinski definition) is 4. The molecule has 4 heteroatoms. The highest BCUT2D eigenvalue weighted by Gasteiger charge is 1.94. The van der Waals surface area contributed by atoms with Crippen LogP contribution in [0.1, 0.15) is 0 Å². The van der Waals surface area contributed by atoms with E-state index in [-0.39, 0.29) is 0 Å². The Hall–Kier alpha value is -2.25. The third-order valence-electron chi connectivity index (χ3n) is 1.63. The summed E-state index contributed by atoms with van der Waals surface area (Å²) in [6.45, 7) is 0.439. The van der Waals surface area contributed by atoms with Crippen LogP contribution in [0.25, 0.3) is 0 Å². The molecule has 0 spiro atoms. The van der Waals surface area contributed by atoms with Crippen LogP contribution >= 0.6 is 0 Å². The molecule has 0 amide bonds. The number of hydrogen-bond donors (Lipinski definition) is 1. The minimum absolute atomic E-state index is 0.439. The molecule has 0 atom stereocenters. The SMILES string of the molecule is N#CN1C\C=C/C=C\C=C/C=C\C=C/ON1. The first-order valence-electron chi connectivity index (χ1n) is 4.84. The molecule has 0 saturated carbocycles. The molecule has 1 N–H and O–H groups in total. The van der Waals surface area contributed by atoms with Crippen molar-refractivity contribution in [3.63, 3.8) is 0 Å². The lowest BCUT2D eigenvalue weighted by Gasteiger charge is -2.12. The van der Waals surface area contributed by atoms with E-state index in [0.717, 1.165) is 0 Å². The average Bonchev–Trinajstić information content (AvgIpc) is 2.32. The second-order valence-electron chi connectivity index (χ2n) is 2.83. The third kappa shape index (κ3) is 5.47. The van der Waals surface area contributed by atoms with Crippen LogP contribution in [0.3, 0.4) is 0 Å². The van der Waals surface area contributed by atoms with Crippen molar-refractivity contribution in [2.75, 3.05) is 6.54 Å². The molecule has 4 nitrogen and oxygen atoms in total. The summed E-state index contributed by atoms with van der Waals surface area (Å²) in [6, 6.07) is 0. The standard InChI is InChI=1S/C12H13N3O/c13-12-15-10-8-6-4-2-1-3-5-7-9-11-16-14-15/h1-9,11,14H,10H2/b3-1-,4-2-,7-5-,8-6-,11-9-. The van der Waals surface area contributed by atoms with Crippen LogP contribution in [0.2, 0.25) is 0 Å². The Labute approximate surface area is 95.0 Å². The molecule has 0 aromatic rings. The summed E-state index contributed by atoms with van der Waals surface area (Å²) >= 11 is 0. The average molecular weight is 215 g/mol. The molecule has 0 aromatic heterocycles. The highest BCUT2D eigenvalue weighted by atomic mass is 16.7. The zero-order chi connectivity index (χ0) is 11.5. The highest BCUT2D eigenvalue weighted by Crippen LogP contribution is 1.88. The predicted molar refractivity (Wildman–Crippen MR) is 62.2 cm³/mol. The van der Waals surface area contributed by atoms with E-state index in [1.807, 2.05) is 54.8 Å². The van der Waals surface area contributed by atoms with Crippen LogP contribution in [0.5, 0.6) is 0 Å². The normalized spacial score (nSPS) is 26.6. The fourth-order valence-corrected chi connectivity index (χ4v) is 0.907. The van der Waals surface area contributed by atoms with Gasteiger partial charge in [-0.25, -0.2) is 5.01 Å². The molecule has 1 aliphatic rings. The second kappa shape index (κ2) is 8.09. The van der Waals surface area contributed by atoms with E-state index in [2.05, 4.69) is 5.59 Å². The largest absolute Gasteiger partial charge is 0.396 e. The Balaban J connectivity index is 2.62. The fourth-order valence-electron chi connectivity index (χ4n) is 0.907. The van der Waals surface area contributed by atoms with E-state index in [9.17, 15) is 0 Å². The molecular formula is C12H13N3O. The van der Waals surface area contributed by atoms with Crippen molar-refractivity contribution in [1.29, 1.82) is 5.26 Å². The number of nitriles is 1. The summed E-state index contributed by atoms with van der Waals surface area (Å²) < 4.78 is 0. The molecule has 0 aromatic carbocycles. The number of nitrogens with zero attached hydrogens (tertiary/aromatic N) is 2. The van der Waals surface area contributed by atoms with Gasteiger partial charge in [0, 0.05) is 0 Å². The molecule has 0 radical (unpaired) electrons. The van der Waals surface area contributed by atoms with Gasteiger partial charge in [-0.2, -0.15) is 5.26 Å². The van der Waals surface area contributed by atoms with Crippen LogP contribution < -0.4 is 5.59 Å². The van der Waals surface area contributed by atoms with Crippen molar-refractivity contribution in [2.45, 2.75) is 0 Å². The smallest absolute Gasteiger partial charge is 0.198 e. The van der Waals surface area contributed by atoms with E-state index in [0.29, 0.717) is 6.54 Å². The first-order valence-corrected chi connectivity index (χ1v) is 4.84. The van der Waals surface area contributed by atoms with Gasteiger partial charge in [-0.15, -0.1) is 0 Å². The molecule has 1 heterocycles. The van der Waals surface area contributed by atoms with Gasteiger partial charge >= 0.3 is 0 Å². The Kier molecular flexibility index (Phi) is 5.98. The predicted octanol–water partition coefficient (Wildman–Crippen LogP) is 1.96. The van der Waals surface area contributed by atoms with Crippen molar-refractivity contribution in [1.82, 2.24) is 10.6 Å². The maximum atomic E-state index is 8.73. The molecule has 82 valence electrons. The molecule has 0 unspecified atom stereocenters. The van der Waals surface area contributed by atoms with Crippen LogP contribution in [-0.2, 0) is 4.84 Å². The van der Waals surface area contributed by atoms with Gasteiger partial charge in [0.15, 0.2) is 6.19 Å². The topological polar surface area (TPSA) is 48.3 Å². The summed E-state index contributed by atoms with van der Waals surface area (Å²) in [5, 5.41) is 9.99. The van der Waals surface area contributed by atoms with E-state index >= 15 is 0 Å². The van der Waals surface area contributed by atoms with Gasteiger partial charge in [-0.1, -0.05) is 54.2 Å². The highest BCUT2D eigenvalue weighted by molar-refractivity contribution is 5.17. The summed E-state index contributed by atoms with van der Waals surface area (Å²) in [5.41, 5.74) is 2.48. The summed E-state index contributed by atoms with van der Waals surface area (Å²) in [6.07, 6.45) is 20.2. The van der Waals surface area contributed by atoms with Crippen LogP contribution in [-0.4, -0.2) is 11.6 Å². The van der Waals surface area contributed by atoms with Gasteiger partial charge < -0.3 is 4.84 Å². The monoisotopic (exact) mass is 215 g/mol. The van der Waals surface area contributed by atoms with Gasteiger partial charge in [0.25, 0.3) is 0 Å². The van der Waals surface area contributed by atoms with Gasteiger partial charge in [0.2, 0.25) is 0 Å². The minimum atomic E-state index is 0.439. The minimum Gasteiger partial charge on any atom is -0.396 e. The third-order valence-corrected chi connectivity index (χ3v) is 1.63. The van der Waals surface area contributed by atoms with Gasteiger partial charge in [-0.05, 0) is 6.08 Å². The van der Waals surface area contributed by atoms with E-state index in [1.54, 1.807) is 6.08 Å².